The lowest BCUT2D eigenvalue weighted by molar-refractivity contribution is 0.226. The van der Waals surface area contributed by atoms with Gasteiger partial charge in [-0.2, -0.15) is 10.2 Å². The molecular weight excluding hydrogens is 295 g/mol. The van der Waals surface area contributed by atoms with Crippen LogP contribution in [0.15, 0.2) is 22.7 Å². The van der Waals surface area contributed by atoms with Crippen molar-refractivity contribution in [1.29, 1.82) is 5.26 Å². The topological polar surface area (TPSA) is 66.0 Å². The van der Waals surface area contributed by atoms with E-state index in [9.17, 15) is 4.39 Å². The monoisotopic (exact) mass is 316 g/mol. The second kappa shape index (κ2) is 6.88. The highest BCUT2D eigenvalue weighted by molar-refractivity contribution is 5.32. The van der Waals surface area contributed by atoms with Crippen LogP contribution in [0.3, 0.4) is 0 Å². The van der Waals surface area contributed by atoms with Gasteiger partial charge in [0.05, 0.1) is 18.2 Å². The summed E-state index contributed by atoms with van der Waals surface area (Å²) in [6, 6.07) is 6.46. The lowest BCUT2D eigenvalue weighted by Crippen LogP contribution is -2.23. The third kappa shape index (κ3) is 4.36. The number of hydrogen-bond donors (Lipinski definition) is 0. The summed E-state index contributed by atoms with van der Waals surface area (Å²) in [7, 11) is 0. The van der Waals surface area contributed by atoms with Crippen molar-refractivity contribution in [3.8, 4) is 6.07 Å². The van der Waals surface area contributed by atoms with Crippen LogP contribution in [0.25, 0.3) is 0 Å². The molecule has 1 aromatic heterocycles. The molecule has 0 saturated carbocycles. The SMILES string of the molecule is CCN(Cc1nc(C(C)(C)C)no1)Cc1ccc(C#N)cc1F. The van der Waals surface area contributed by atoms with Crippen LogP contribution < -0.4 is 0 Å². The van der Waals surface area contributed by atoms with Crippen molar-refractivity contribution in [2.24, 2.45) is 0 Å². The predicted octanol–water partition coefficient (Wildman–Crippen LogP) is 3.40. The molecule has 0 amide bonds. The van der Waals surface area contributed by atoms with Crippen molar-refractivity contribution in [2.45, 2.75) is 46.2 Å². The maximum absolute atomic E-state index is 14.0. The van der Waals surface area contributed by atoms with Gasteiger partial charge in [0.25, 0.3) is 0 Å². The van der Waals surface area contributed by atoms with Gasteiger partial charge in [-0.25, -0.2) is 4.39 Å². The van der Waals surface area contributed by atoms with Gasteiger partial charge < -0.3 is 4.52 Å². The number of aromatic nitrogens is 2. The Morgan fingerprint density at radius 3 is 2.57 bits per heavy atom. The van der Waals surface area contributed by atoms with E-state index in [1.807, 2.05) is 38.7 Å². The third-order valence-corrected chi connectivity index (χ3v) is 3.52. The van der Waals surface area contributed by atoms with E-state index in [-0.39, 0.29) is 11.2 Å². The van der Waals surface area contributed by atoms with Crippen molar-refractivity contribution in [2.75, 3.05) is 6.54 Å². The van der Waals surface area contributed by atoms with Gasteiger partial charge in [-0.15, -0.1) is 0 Å². The molecule has 5 nitrogen and oxygen atoms in total. The molecule has 122 valence electrons. The van der Waals surface area contributed by atoms with Crippen LogP contribution in [-0.2, 0) is 18.5 Å². The summed E-state index contributed by atoms with van der Waals surface area (Å²) in [4.78, 5) is 6.41. The van der Waals surface area contributed by atoms with Crippen LogP contribution in [0.4, 0.5) is 4.39 Å². The largest absolute Gasteiger partial charge is 0.338 e. The average Bonchev–Trinajstić information content (AvgIpc) is 2.97. The lowest BCUT2D eigenvalue weighted by atomic mass is 9.96. The average molecular weight is 316 g/mol. The summed E-state index contributed by atoms with van der Waals surface area (Å²) in [6.07, 6.45) is 0. The second-order valence-electron chi connectivity index (χ2n) is 6.48. The molecule has 6 heteroatoms. The summed E-state index contributed by atoms with van der Waals surface area (Å²) in [6.45, 7) is 9.64. The minimum absolute atomic E-state index is 0.169. The first kappa shape index (κ1) is 17.1. The summed E-state index contributed by atoms with van der Waals surface area (Å²) >= 11 is 0. The van der Waals surface area contributed by atoms with E-state index in [1.54, 1.807) is 12.1 Å². The molecule has 0 bridgehead atoms. The zero-order valence-electron chi connectivity index (χ0n) is 13.9. The fourth-order valence-corrected chi connectivity index (χ4v) is 2.08. The minimum atomic E-state index is -0.372. The first-order valence-electron chi connectivity index (χ1n) is 7.57. The van der Waals surface area contributed by atoms with E-state index in [2.05, 4.69) is 10.1 Å². The number of halogens is 1. The molecule has 1 aromatic carbocycles. The van der Waals surface area contributed by atoms with Gasteiger partial charge in [0.1, 0.15) is 5.82 Å². The third-order valence-electron chi connectivity index (χ3n) is 3.52. The Bertz CT molecular complexity index is 712. The van der Waals surface area contributed by atoms with Gasteiger partial charge in [0.15, 0.2) is 5.82 Å². The Morgan fingerprint density at radius 1 is 1.30 bits per heavy atom. The summed E-state index contributed by atoms with van der Waals surface area (Å²) in [5.41, 5.74) is 0.695. The van der Waals surface area contributed by atoms with Crippen molar-refractivity contribution < 1.29 is 8.91 Å². The first-order valence-corrected chi connectivity index (χ1v) is 7.57. The molecule has 0 N–H and O–H groups in total. The van der Waals surface area contributed by atoms with Gasteiger partial charge >= 0.3 is 0 Å². The van der Waals surface area contributed by atoms with E-state index in [4.69, 9.17) is 9.78 Å². The molecule has 0 radical (unpaired) electrons. The Kier molecular flexibility index (Phi) is 5.12. The van der Waals surface area contributed by atoms with Crippen molar-refractivity contribution >= 4 is 0 Å². The normalized spacial score (nSPS) is 11.7. The molecule has 1 heterocycles. The van der Waals surface area contributed by atoms with Crippen LogP contribution in [0.1, 0.15) is 50.5 Å². The maximum atomic E-state index is 14.0. The van der Waals surface area contributed by atoms with Crippen LogP contribution >= 0.6 is 0 Å². The Balaban J connectivity index is 2.09. The Hall–Kier alpha value is -2.26. The molecule has 0 spiro atoms. The van der Waals surface area contributed by atoms with Crippen LogP contribution in [-0.4, -0.2) is 21.6 Å². The van der Waals surface area contributed by atoms with E-state index < -0.39 is 0 Å². The van der Waals surface area contributed by atoms with Crippen molar-refractivity contribution in [3.63, 3.8) is 0 Å². The van der Waals surface area contributed by atoms with E-state index >= 15 is 0 Å². The van der Waals surface area contributed by atoms with Gasteiger partial charge in [0, 0.05) is 17.5 Å². The highest BCUT2D eigenvalue weighted by atomic mass is 19.1. The van der Waals surface area contributed by atoms with E-state index in [0.29, 0.717) is 42.5 Å². The van der Waals surface area contributed by atoms with Crippen LogP contribution in [0.2, 0.25) is 0 Å². The minimum Gasteiger partial charge on any atom is -0.338 e. The highest BCUT2D eigenvalue weighted by Crippen LogP contribution is 2.19. The maximum Gasteiger partial charge on any atom is 0.240 e. The number of hydrogen-bond acceptors (Lipinski definition) is 5. The highest BCUT2D eigenvalue weighted by Gasteiger charge is 2.21. The molecule has 23 heavy (non-hydrogen) atoms. The molecule has 0 saturated heterocycles. The first-order chi connectivity index (χ1) is 10.8. The molecule has 2 aromatic rings. The quantitative estimate of drug-likeness (QED) is 0.846. The van der Waals surface area contributed by atoms with Gasteiger partial charge in [0.2, 0.25) is 5.89 Å². The Labute approximate surface area is 135 Å². The molecule has 0 aliphatic rings. The molecule has 0 unspecified atom stereocenters. The van der Waals surface area contributed by atoms with E-state index in [1.165, 1.54) is 6.07 Å². The number of benzene rings is 1. The van der Waals surface area contributed by atoms with E-state index in [0.717, 1.165) is 0 Å². The summed E-state index contributed by atoms with van der Waals surface area (Å²) in [5.74, 6) is 0.808. The zero-order valence-corrected chi connectivity index (χ0v) is 13.9. The smallest absolute Gasteiger partial charge is 0.240 e. The number of rotatable bonds is 5. The van der Waals surface area contributed by atoms with Gasteiger partial charge in [-0.3, -0.25) is 4.90 Å². The molecule has 0 aliphatic carbocycles. The molecule has 0 atom stereocenters. The van der Waals surface area contributed by atoms with Crippen molar-refractivity contribution in [1.82, 2.24) is 15.0 Å². The van der Waals surface area contributed by atoms with Gasteiger partial charge in [-0.05, 0) is 18.7 Å². The van der Waals surface area contributed by atoms with Gasteiger partial charge in [-0.1, -0.05) is 38.9 Å². The number of nitrogens with zero attached hydrogens (tertiary/aromatic N) is 4. The number of nitriles is 1. The predicted molar refractivity (Wildman–Crippen MR) is 83.9 cm³/mol. The fourth-order valence-electron chi connectivity index (χ4n) is 2.08. The lowest BCUT2D eigenvalue weighted by Gasteiger charge is -2.18. The summed E-state index contributed by atoms with van der Waals surface area (Å²) < 4.78 is 19.3. The standard InChI is InChI=1S/C17H21FN4O/c1-5-22(10-13-7-6-12(9-19)8-14(13)18)11-15-20-16(21-23-15)17(2,3)4/h6-8H,5,10-11H2,1-4H3. The summed E-state index contributed by atoms with van der Waals surface area (Å²) in [5, 5.41) is 12.8. The molecule has 0 fully saturated rings. The van der Waals surface area contributed by atoms with Crippen LogP contribution in [0.5, 0.6) is 0 Å². The van der Waals surface area contributed by atoms with Crippen molar-refractivity contribution in [3.05, 3.63) is 46.9 Å². The molecular formula is C17H21FN4O. The van der Waals surface area contributed by atoms with Crippen LogP contribution in [0, 0.1) is 17.1 Å². The Morgan fingerprint density at radius 2 is 2.04 bits per heavy atom. The zero-order chi connectivity index (χ0) is 17.0. The molecule has 2 rings (SSSR count). The fraction of sp³-hybridized carbons (Fsp3) is 0.471. The molecule has 0 aliphatic heterocycles. The second-order valence-corrected chi connectivity index (χ2v) is 6.48.